The fraction of sp³-hybridized carbons (Fsp3) is 0.240. The molecular weight excluding hydrogens is 420 g/mol. The number of carboxylic acid groups (broad SMARTS) is 1. The predicted octanol–water partition coefficient (Wildman–Crippen LogP) is 5.21. The summed E-state index contributed by atoms with van der Waals surface area (Å²) in [5, 5.41) is 14.5. The highest BCUT2D eigenvalue weighted by molar-refractivity contribution is 7.15. The quantitative estimate of drug-likeness (QED) is 0.456. The Kier molecular flexibility index (Phi) is 6.66. The second-order valence-corrected chi connectivity index (χ2v) is 8.46. The van der Waals surface area contributed by atoms with Crippen LogP contribution in [-0.2, 0) is 19.4 Å². The average molecular weight is 447 g/mol. The van der Waals surface area contributed by atoms with Crippen molar-refractivity contribution >= 4 is 22.4 Å². The molecule has 0 amide bonds. The molecule has 3 heterocycles. The maximum absolute atomic E-state index is 11.2. The Bertz CT molecular complexity index is 1180. The molecule has 32 heavy (non-hydrogen) atoms. The zero-order valence-electron chi connectivity index (χ0n) is 18.2. The SMILES string of the molecule is CC.O=C(O)c1ccc2c(c1)CCN(c1ncc(Cc3ccc(-n4cccn4)cc3)s1)C2. The van der Waals surface area contributed by atoms with Gasteiger partial charge in [-0.15, -0.1) is 11.3 Å². The molecule has 0 fully saturated rings. The third-order valence-electron chi connectivity index (χ3n) is 5.36. The fourth-order valence-corrected chi connectivity index (χ4v) is 4.73. The molecule has 0 bridgehead atoms. The van der Waals surface area contributed by atoms with Crippen LogP contribution >= 0.6 is 11.3 Å². The summed E-state index contributed by atoms with van der Waals surface area (Å²) in [5.74, 6) is -0.873. The van der Waals surface area contributed by atoms with Crippen molar-refractivity contribution in [1.82, 2.24) is 14.8 Å². The number of thiazole rings is 1. The first-order chi connectivity index (χ1) is 15.7. The van der Waals surface area contributed by atoms with Crippen molar-refractivity contribution in [2.45, 2.75) is 33.2 Å². The molecular formula is C25H26N4O2S. The summed E-state index contributed by atoms with van der Waals surface area (Å²) in [5.41, 5.74) is 4.95. The van der Waals surface area contributed by atoms with Crippen molar-refractivity contribution in [3.63, 3.8) is 0 Å². The molecule has 1 aliphatic rings. The number of carboxylic acids is 1. The highest BCUT2D eigenvalue weighted by Gasteiger charge is 2.20. The first-order valence-electron chi connectivity index (χ1n) is 10.8. The first kappa shape index (κ1) is 21.8. The molecule has 0 saturated carbocycles. The second kappa shape index (κ2) is 9.78. The van der Waals surface area contributed by atoms with Gasteiger partial charge >= 0.3 is 5.97 Å². The van der Waals surface area contributed by atoms with Gasteiger partial charge in [0.25, 0.3) is 0 Å². The molecule has 0 atom stereocenters. The van der Waals surface area contributed by atoms with Crippen molar-refractivity contribution in [3.05, 3.63) is 94.3 Å². The molecule has 0 unspecified atom stereocenters. The molecule has 0 saturated heterocycles. The van der Waals surface area contributed by atoms with Crippen molar-refractivity contribution in [1.29, 1.82) is 0 Å². The summed E-state index contributed by atoms with van der Waals surface area (Å²) in [6, 6.07) is 15.8. The monoisotopic (exact) mass is 446 g/mol. The largest absolute Gasteiger partial charge is 0.478 e. The lowest BCUT2D eigenvalue weighted by Crippen LogP contribution is -2.30. The molecule has 1 aliphatic heterocycles. The lowest BCUT2D eigenvalue weighted by atomic mass is 9.97. The molecule has 0 spiro atoms. The number of hydrogen-bond donors (Lipinski definition) is 1. The number of hydrogen-bond acceptors (Lipinski definition) is 5. The summed E-state index contributed by atoms with van der Waals surface area (Å²) >= 11 is 1.72. The molecule has 4 aromatic rings. The Labute approximate surface area is 191 Å². The lowest BCUT2D eigenvalue weighted by Gasteiger charge is -2.28. The van der Waals surface area contributed by atoms with Gasteiger partial charge in [0.15, 0.2) is 5.13 Å². The average Bonchev–Trinajstić information content (AvgIpc) is 3.53. The Morgan fingerprint density at radius 1 is 1.12 bits per heavy atom. The maximum atomic E-state index is 11.2. The van der Waals surface area contributed by atoms with Crippen LogP contribution in [0.15, 0.2) is 67.1 Å². The van der Waals surface area contributed by atoms with E-state index in [1.807, 2.05) is 43.1 Å². The van der Waals surface area contributed by atoms with Crippen molar-refractivity contribution in [2.75, 3.05) is 11.4 Å². The minimum atomic E-state index is -0.873. The predicted molar refractivity (Wildman–Crippen MR) is 128 cm³/mol. The van der Waals surface area contributed by atoms with Crippen LogP contribution in [-0.4, -0.2) is 32.4 Å². The Morgan fingerprint density at radius 2 is 1.94 bits per heavy atom. The van der Waals surface area contributed by atoms with E-state index in [2.05, 4.69) is 39.2 Å². The highest BCUT2D eigenvalue weighted by Crippen LogP contribution is 2.30. The number of rotatable bonds is 5. The molecule has 2 aromatic heterocycles. The molecule has 6 nitrogen and oxygen atoms in total. The van der Waals surface area contributed by atoms with Gasteiger partial charge in [0.05, 0.1) is 11.3 Å². The minimum Gasteiger partial charge on any atom is -0.478 e. The van der Waals surface area contributed by atoms with E-state index < -0.39 is 5.97 Å². The van der Waals surface area contributed by atoms with E-state index in [9.17, 15) is 9.90 Å². The van der Waals surface area contributed by atoms with E-state index in [-0.39, 0.29) is 0 Å². The van der Waals surface area contributed by atoms with Crippen LogP contribution in [0.25, 0.3) is 5.69 Å². The van der Waals surface area contributed by atoms with Gasteiger partial charge in [-0.05, 0) is 53.4 Å². The third kappa shape index (κ3) is 4.73. The van der Waals surface area contributed by atoms with E-state index in [0.29, 0.717) is 5.56 Å². The smallest absolute Gasteiger partial charge is 0.335 e. The Morgan fingerprint density at radius 3 is 2.66 bits per heavy atom. The van der Waals surface area contributed by atoms with Crippen LogP contribution in [0.1, 0.15) is 45.8 Å². The van der Waals surface area contributed by atoms with Gasteiger partial charge in [-0.3, -0.25) is 0 Å². The number of aromatic carboxylic acids is 1. The van der Waals surface area contributed by atoms with Gasteiger partial charge < -0.3 is 10.0 Å². The van der Waals surface area contributed by atoms with Crippen LogP contribution < -0.4 is 4.90 Å². The highest BCUT2D eigenvalue weighted by atomic mass is 32.1. The van der Waals surface area contributed by atoms with Gasteiger partial charge in [0.2, 0.25) is 0 Å². The van der Waals surface area contributed by atoms with Crippen LogP contribution in [0, 0.1) is 0 Å². The van der Waals surface area contributed by atoms with Gasteiger partial charge in [-0.2, -0.15) is 5.10 Å². The van der Waals surface area contributed by atoms with Crippen molar-refractivity contribution in [2.24, 2.45) is 0 Å². The zero-order valence-corrected chi connectivity index (χ0v) is 19.0. The molecule has 1 N–H and O–H groups in total. The Hall–Kier alpha value is -3.45. The van der Waals surface area contributed by atoms with Crippen LogP contribution in [0.3, 0.4) is 0 Å². The van der Waals surface area contributed by atoms with E-state index in [4.69, 9.17) is 0 Å². The number of anilines is 1. The van der Waals surface area contributed by atoms with Crippen LogP contribution in [0.2, 0.25) is 0 Å². The zero-order chi connectivity index (χ0) is 22.5. The third-order valence-corrected chi connectivity index (χ3v) is 6.42. The summed E-state index contributed by atoms with van der Waals surface area (Å²) in [6.07, 6.45) is 7.36. The topological polar surface area (TPSA) is 71.2 Å². The number of aromatic nitrogens is 3. The van der Waals surface area contributed by atoms with E-state index in [0.717, 1.165) is 42.3 Å². The summed E-state index contributed by atoms with van der Waals surface area (Å²) in [6.45, 7) is 5.61. The molecule has 164 valence electrons. The van der Waals surface area contributed by atoms with Crippen LogP contribution in [0.5, 0.6) is 0 Å². The fourth-order valence-electron chi connectivity index (χ4n) is 3.76. The van der Waals surface area contributed by atoms with Crippen molar-refractivity contribution in [3.8, 4) is 5.69 Å². The summed E-state index contributed by atoms with van der Waals surface area (Å²) < 4.78 is 1.85. The Balaban J connectivity index is 0.00000119. The van der Waals surface area contributed by atoms with Gasteiger partial charge in [0.1, 0.15) is 0 Å². The maximum Gasteiger partial charge on any atom is 0.335 e. The number of fused-ring (bicyclic) bond motifs is 1. The normalized spacial score (nSPS) is 12.6. The second-order valence-electron chi connectivity index (χ2n) is 7.36. The molecule has 0 radical (unpaired) electrons. The number of benzene rings is 2. The van der Waals surface area contributed by atoms with Gasteiger partial charge in [-0.1, -0.05) is 32.0 Å². The van der Waals surface area contributed by atoms with Gasteiger partial charge in [-0.25, -0.2) is 14.5 Å². The lowest BCUT2D eigenvalue weighted by molar-refractivity contribution is 0.0696. The molecule has 7 heteroatoms. The summed E-state index contributed by atoms with van der Waals surface area (Å²) in [7, 11) is 0. The van der Waals surface area contributed by atoms with Crippen molar-refractivity contribution < 1.29 is 9.90 Å². The molecule has 0 aliphatic carbocycles. The number of carbonyl (C=O) groups is 1. The van der Waals surface area contributed by atoms with E-state index in [1.54, 1.807) is 29.7 Å². The van der Waals surface area contributed by atoms with Gasteiger partial charge in [0, 0.05) is 43.0 Å². The minimum absolute atomic E-state index is 0.359. The molecule has 2 aromatic carbocycles. The summed E-state index contributed by atoms with van der Waals surface area (Å²) in [4.78, 5) is 19.3. The number of nitrogens with zero attached hydrogens (tertiary/aromatic N) is 4. The molecule has 5 rings (SSSR count). The van der Waals surface area contributed by atoms with Crippen LogP contribution in [0.4, 0.5) is 5.13 Å². The standard InChI is InChI=1S/C23H20N4O2S.C2H6/c28-22(29)18-4-5-19-15-26(11-8-17(19)13-18)23-24-14-21(30-23)12-16-2-6-20(7-3-16)27-10-1-9-25-27;1-2/h1-7,9-10,13-14H,8,11-12,15H2,(H,28,29);1-2H3. The van der Waals surface area contributed by atoms with E-state index >= 15 is 0 Å². The van der Waals surface area contributed by atoms with E-state index in [1.165, 1.54) is 16.0 Å². The first-order valence-corrected chi connectivity index (χ1v) is 11.6.